The van der Waals surface area contributed by atoms with Gasteiger partial charge < -0.3 is 5.73 Å². The summed E-state index contributed by atoms with van der Waals surface area (Å²) in [6.07, 6.45) is 13.9. The third kappa shape index (κ3) is 10.3. The van der Waals surface area contributed by atoms with Crippen molar-refractivity contribution >= 4 is 5.91 Å². The van der Waals surface area contributed by atoms with Crippen LogP contribution in [0.15, 0.2) is 0 Å². The van der Waals surface area contributed by atoms with Gasteiger partial charge in [0.2, 0.25) is 5.91 Å². The summed E-state index contributed by atoms with van der Waals surface area (Å²) in [6.45, 7) is 4.30. The zero-order valence-electron chi connectivity index (χ0n) is 11.8. The average molecular weight is 241 g/mol. The lowest BCUT2D eigenvalue weighted by Crippen LogP contribution is -2.22. The second-order valence-corrected chi connectivity index (χ2v) is 5.12. The van der Waals surface area contributed by atoms with Crippen LogP contribution in [0.4, 0.5) is 0 Å². The van der Waals surface area contributed by atoms with Gasteiger partial charge in [0.05, 0.1) is 0 Å². The first-order valence-corrected chi connectivity index (χ1v) is 7.51. The Morgan fingerprint density at radius 1 is 0.882 bits per heavy atom. The van der Waals surface area contributed by atoms with Gasteiger partial charge in [-0.1, -0.05) is 71.6 Å². The van der Waals surface area contributed by atoms with Crippen LogP contribution in [0.2, 0.25) is 0 Å². The summed E-state index contributed by atoms with van der Waals surface area (Å²) in [5, 5.41) is 0. The number of rotatable bonds is 12. The molecule has 0 aromatic carbocycles. The van der Waals surface area contributed by atoms with Gasteiger partial charge in [-0.05, 0) is 12.8 Å². The van der Waals surface area contributed by atoms with Crippen LogP contribution in [0.3, 0.4) is 0 Å². The first kappa shape index (κ1) is 16.5. The van der Waals surface area contributed by atoms with Crippen LogP contribution in [0.25, 0.3) is 0 Å². The molecular formula is C15H31NO. The first-order chi connectivity index (χ1) is 8.22. The molecule has 0 rings (SSSR count). The van der Waals surface area contributed by atoms with Crippen LogP contribution in [0.5, 0.6) is 0 Å². The van der Waals surface area contributed by atoms with Crippen LogP contribution in [-0.2, 0) is 4.79 Å². The summed E-state index contributed by atoms with van der Waals surface area (Å²) in [5.74, 6) is -0.00776. The Balaban J connectivity index is 3.20. The average Bonchev–Trinajstić information content (AvgIpc) is 2.31. The molecule has 0 aliphatic heterocycles. The summed E-state index contributed by atoms with van der Waals surface area (Å²) < 4.78 is 0. The van der Waals surface area contributed by atoms with Gasteiger partial charge in [0, 0.05) is 5.92 Å². The van der Waals surface area contributed by atoms with Gasteiger partial charge in [0.25, 0.3) is 0 Å². The minimum absolute atomic E-state index is 0.111. The highest BCUT2D eigenvalue weighted by molar-refractivity contribution is 5.76. The predicted molar refractivity (Wildman–Crippen MR) is 74.8 cm³/mol. The molecule has 0 aromatic rings. The van der Waals surface area contributed by atoms with E-state index < -0.39 is 0 Å². The molecule has 1 atom stereocenters. The molecule has 0 bridgehead atoms. The fourth-order valence-electron chi connectivity index (χ4n) is 2.25. The van der Waals surface area contributed by atoms with Crippen molar-refractivity contribution in [2.75, 3.05) is 0 Å². The molecule has 1 amide bonds. The number of hydrogen-bond acceptors (Lipinski definition) is 1. The maximum absolute atomic E-state index is 11.0. The Morgan fingerprint density at radius 3 is 1.76 bits per heavy atom. The highest BCUT2D eigenvalue weighted by Gasteiger charge is 2.11. The Labute approximate surface area is 107 Å². The van der Waals surface area contributed by atoms with Crippen LogP contribution in [0, 0.1) is 5.92 Å². The highest BCUT2D eigenvalue weighted by atomic mass is 16.1. The normalized spacial score (nSPS) is 12.6. The zero-order valence-corrected chi connectivity index (χ0v) is 11.8. The molecule has 2 heteroatoms. The van der Waals surface area contributed by atoms with E-state index >= 15 is 0 Å². The third-order valence-electron chi connectivity index (χ3n) is 3.55. The summed E-state index contributed by atoms with van der Waals surface area (Å²) in [4.78, 5) is 11.0. The molecule has 17 heavy (non-hydrogen) atoms. The second-order valence-electron chi connectivity index (χ2n) is 5.12. The largest absolute Gasteiger partial charge is 0.369 e. The SMILES string of the molecule is CCCCCCCCCCCC(CC)C(N)=O. The molecule has 2 nitrogen and oxygen atoms in total. The van der Waals surface area contributed by atoms with E-state index in [-0.39, 0.29) is 11.8 Å². The van der Waals surface area contributed by atoms with Gasteiger partial charge in [-0.2, -0.15) is 0 Å². The van der Waals surface area contributed by atoms with E-state index in [4.69, 9.17) is 5.73 Å². The number of primary amides is 1. The lowest BCUT2D eigenvalue weighted by Gasteiger charge is -2.09. The third-order valence-corrected chi connectivity index (χ3v) is 3.55. The summed E-state index contributed by atoms with van der Waals surface area (Å²) in [7, 11) is 0. The Kier molecular flexibility index (Phi) is 11.6. The Hall–Kier alpha value is -0.530. The Bertz CT molecular complexity index is 180. The first-order valence-electron chi connectivity index (χ1n) is 7.51. The molecule has 1 unspecified atom stereocenters. The number of nitrogens with two attached hydrogens (primary N) is 1. The van der Waals surface area contributed by atoms with Gasteiger partial charge in [-0.25, -0.2) is 0 Å². The maximum atomic E-state index is 11.0. The molecule has 2 N–H and O–H groups in total. The minimum Gasteiger partial charge on any atom is -0.369 e. The monoisotopic (exact) mass is 241 g/mol. The summed E-state index contributed by atoms with van der Waals surface area (Å²) in [5.41, 5.74) is 5.32. The van der Waals surface area contributed by atoms with E-state index in [1.165, 1.54) is 51.4 Å². The van der Waals surface area contributed by atoms with Gasteiger partial charge in [-0.15, -0.1) is 0 Å². The minimum atomic E-state index is -0.118. The molecule has 0 aromatic heterocycles. The van der Waals surface area contributed by atoms with Gasteiger partial charge in [0.1, 0.15) is 0 Å². The second kappa shape index (κ2) is 11.9. The Morgan fingerprint density at radius 2 is 1.35 bits per heavy atom. The fourth-order valence-corrected chi connectivity index (χ4v) is 2.25. The van der Waals surface area contributed by atoms with E-state index in [2.05, 4.69) is 6.92 Å². The highest BCUT2D eigenvalue weighted by Crippen LogP contribution is 2.15. The van der Waals surface area contributed by atoms with E-state index in [1.807, 2.05) is 6.92 Å². The number of carbonyl (C=O) groups is 1. The molecule has 0 heterocycles. The number of carbonyl (C=O) groups excluding carboxylic acids is 1. The maximum Gasteiger partial charge on any atom is 0.220 e. The molecule has 0 aliphatic rings. The molecule has 0 spiro atoms. The lowest BCUT2D eigenvalue weighted by molar-refractivity contribution is -0.122. The number of hydrogen-bond donors (Lipinski definition) is 1. The van der Waals surface area contributed by atoms with Crippen LogP contribution >= 0.6 is 0 Å². The van der Waals surface area contributed by atoms with Gasteiger partial charge in [-0.3, -0.25) is 4.79 Å². The molecule has 0 radical (unpaired) electrons. The summed E-state index contributed by atoms with van der Waals surface area (Å²) >= 11 is 0. The van der Waals surface area contributed by atoms with Crippen LogP contribution in [-0.4, -0.2) is 5.91 Å². The van der Waals surface area contributed by atoms with Crippen molar-refractivity contribution in [3.63, 3.8) is 0 Å². The summed E-state index contributed by atoms with van der Waals surface area (Å²) in [6, 6.07) is 0. The van der Waals surface area contributed by atoms with Crippen molar-refractivity contribution in [1.29, 1.82) is 0 Å². The molecule has 0 saturated carbocycles. The van der Waals surface area contributed by atoms with E-state index in [0.29, 0.717) is 0 Å². The van der Waals surface area contributed by atoms with Crippen molar-refractivity contribution < 1.29 is 4.79 Å². The van der Waals surface area contributed by atoms with Gasteiger partial charge >= 0.3 is 0 Å². The van der Waals surface area contributed by atoms with Crippen molar-refractivity contribution in [2.24, 2.45) is 11.7 Å². The van der Waals surface area contributed by atoms with Crippen molar-refractivity contribution in [2.45, 2.75) is 84.5 Å². The van der Waals surface area contributed by atoms with E-state index in [1.54, 1.807) is 0 Å². The molecule has 0 aliphatic carbocycles. The van der Waals surface area contributed by atoms with Crippen molar-refractivity contribution in [3.8, 4) is 0 Å². The lowest BCUT2D eigenvalue weighted by atomic mass is 9.97. The molecule has 0 fully saturated rings. The zero-order chi connectivity index (χ0) is 12.9. The van der Waals surface area contributed by atoms with Crippen LogP contribution < -0.4 is 5.73 Å². The predicted octanol–water partition coefficient (Wildman–Crippen LogP) is 4.42. The van der Waals surface area contributed by atoms with Gasteiger partial charge in [0.15, 0.2) is 0 Å². The smallest absolute Gasteiger partial charge is 0.220 e. The van der Waals surface area contributed by atoms with E-state index in [0.717, 1.165) is 19.3 Å². The van der Waals surface area contributed by atoms with Crippen LogP contribution in [0.1, 0.15) is 84.5 Å². The van der Waals surface area contributed by atoms with Crippen molar-refractivity contribution in [3.05, 3.63) is 0 Å². The fraction of sp³-hybridized carbons (Fsp3) is 0.933. The quantitative estimate of drug-likeness (QED) is 0.505. The topological polar surface area (TPSA) is 43.1 Å². The number of unbranched alkanes of at least 4 members (excludes halogenated alkanes) is 8. The standard InChI is InChI=1S/C15H31NO/c1-3-5-6-7-8-9-10-11-12-13-14(4-2)15(16)17/h14H,3-13H2,1-2H3,(H2,16,17). The van der Waals surface area contributed by atoms with E-state index in [9.17, 15) is 4.79 Å². The number of amides is 1. The molecule has 0 saturated heterocycles. The molecule has 102 valence electrons. The molecular weight excluding hydrogens is 210 g/mol. The van der Waals surface area contributed by atoms with Crippen molar-refractivity contribution in [1.82, 2.24) is 0 Å².